The largest absolute Gasteiger partial charge is 0.503 e. The Morgan fingerprint density at radius 3 is 2.75 bits per heavy atom. The number of benzene rings is 1. The van der Waals surface area contributed by atoms with Gasteiger partial charge in [0.1, 0.15) is 0 Å². The average Bonchev–Trinajstić information content (AvgIpc) is 2.70. The molecule has 1 fully saturated rings. The Morgan fingerprint density at radius 2 is 2.20 bits per heavy atom. The topological polar surface area (TPSA) is 62.1 Å². The molecule has 0 spiro atoms. The van der Waals surface area contributed by atoms with Gasteiger partial charge in [0.25, 0.3) is 5.91 Å². The fraction of sp³-hybridized carbons (Fsp3) is 0.231. The van der Waals surface area contributed by atoms with Crippen LogP contribution in [-0.2, 0) is 4.79 Å². The zero-order chi connectivity index (χ0) is 14.9. The van der Waals surface area contributed by atoms with Crippen LogP contribution in [0.25, 0.3) is 6.08 Å². The third kappa shape index (κ3) is 2.69. The molecule has 5 nitrogen and oxygen atoms in total. The molecule has 1 aliphatic heterocycles. The van der Waals surface area contributed by atoms with Crippen LogP contribution in [0, 0.1) is 0 Å². The number of amidine groups is 1. The number of phenols is 1. The van der Waals surface area contributed by atoms with E-state index in [1.54, 1.807) is 32.3 Å². The first-order chi connectivity index (χ1) is 9.47. The maximum atomic E-state index is 12.0. The molecule has 0 bridgehead atoms. The highest BCUT2D eigenvalue weighted by atomic mass is 79.9. The van der Waals surface area contributed by atoms with Gasteiger partial charge in [0.15, 0.2) is 16.7 Å². The van der Waals surface area contributed by atoms with Crippen LogP contribution in [-0.4, -0.2) is 42.3 Å². The van der Waals surface area contributed by atoms with Gasteiger partial charge in [-0.15, -0.1) is 0 Å². The summed E-state index contributed by atoms with van der Waals surface area (Å²) < 4.78 is 5.60. The number of aromatic hydroxyl groups is 1. The monoisotopic (exact) mass is 356 g/mol. The standard InChI is InChI=1S/C13H13BrN2O3S/c1-15-13-16(2)12(18)10(20-13)6-7-4-8(14)11(17)9(5-7)19-3/h4-6,17H,1-3H3/b10-6+,15-13?. The van der Waals surface area contributed by atoms with E-state index in [1.165, 1.54) is 23.8 Å². The summed E-state index contributed by atoms with van der Waals surface area (Å²) in [5, 5.41) is 10.4. The molecular formula is C13H13BrN2O3S. The highest BCUT2D eigenvalue weighted by molar-refractivity contribution is 9.10. The molecule has 1 aromatic rings. The molecule has 1 N–H and O–H groups in total. The highest BCUT2D eigenvalue weighted by Crippen LogP contribution is 2.37. The number of halogens is 1. The molecule has 0 atom stereocenters. The Morgan fingerprint density at radius 1 is 1.50 bits per heavy atom. The van der Waals surface area contributed by atoms with E-state index in [2.05, 4.69) is 20.9 Å². The summed E-state index contributed by atoms with van der Waals surface area (Å²) in [5.41, 5.74) is 0.758. The first-order valence-corrected chi connectivity index (χ1v) is 7.29. The van der Waals surface area contributed by atoms with Crippen molar-refractivity contribution in [1.82, 2.24) is 4.90 Å². The molecule has 106 valence electrons. The van der Waals surface area contributed by atoms with Gasteiger partial charge in [-0.2, -0.15) is 0 Å². The molecule has 1 saturated heterocycles. The van der Waals surface area contributed by atoms with E-state index in [4.69, 9.17) is 4.74 Å². The molecule has 0 radical (unpaired) electrons. The van der Waals surface area contributed by atoms with E-state index in [0.717, 1.165) is 5.56 Å². The van der Waals surface area contributed by atoms with Gasteiger partial charge in [-0.25, -0.2) is 0 Å². The molecule has 0 aromatic heterocycles. The number of phenolic OH excluding ortho intramolecular Hbond substituents is 1. The molecule has 1 amide bonds. The number of hydrogen-bond donors (Lipinski definition) is 1. The SMILES string of the molecule is CN=C1S/C(=C/c2cc(Br)c(O)c(OC)c2)C(=O)N1C. The van der Waals surface area contributed by atoms with Crippen LogP contribution in [0.4, 0.5) is 0 Å². The van der Waals surface area contributed by atoms with E-state index < -0.39 is 0 Å². The molecule has 0 aliphatic carbocycles. The van der Waals surface area contributed by atoms with Crippen molar-refractivity contribution in [2.24, 2.45) is 4.99 Å². The van der Waals surface area contributed by atoms with Crippen LogP contribution < -0.4 is 4.74 Å². The van der Waals surface area contributed by atoms with Crippen LogP contribution in [0.3, 0.4) is 0 Å². The lowest BCUT2D eigenvalue weighted by Crippen LogP contribution is -2.23. The molecule has 7 heteroatoms. The Kier molecular flexibility index (Phi) is 4.39. The molecule has 1 heterocycles. The zero-order valence-electron chi connectivity index (χ0n) is 11.2. The smallest absolute Gasteiger partial charge is 0.266 e. The van der Waals surface area contributed by atoms with Crippen molar-refractivity contribution < 1.29 is 14.6 Å². The minimum atomic E-state index is -0.0984. The van der Waals surface area contributed by atoms with Crippen molar-refractivity contribution in [2.45, 2.75) is 0 Å². The number of nitrogens with zero attached hydrogens (tertiary/aromatic N) is 2. The first-order valence-electron chi connectivity index (χ1n) is 5.68. The molecule has 20 heavy (non-hydrogen) atoms. The highest BCUT2D eigenvalue weighted by Gasteiger charge is 2.29. The predicted molar refractivity (Wildman–Crippen MR) is 84.1 cm³/mol. The predicted octanol–water partition coefficient (Wildman–Crippen LogP) is 2.70. The van der Waals surface area contributed by atoms with Crippen molar-refractivity contribution >= 4 is 44.8 Å². The zero-order valence-corrected chi connectivity index (χ0v) is 13.6. The number of hydrogen-bond acceptors (Lipinski definition) is 5. The summed E-state index contributed by atoms with van der Waals surface area (Å²) in [5.74, 6) is 0.283. The number of carbonyl (C=O) groups excluding carboxylic acids is 1. The molecule has 1 aromatic carbocycles. The third-order valence-electron chi connectivity index (χ3n) is 2.76. The Bertz CT molecular complexity index is 628. The maximum Gasteiger partial charge on any atom is 0.266 e. The van der Waals surface area contributed by atoms with E-state index >= 15 is 0 Å². The Balaban J connectivity index is 2.42. The first kappa shape index (κ1) is 14.9. The van der Waals surface area contributed by atoms with Crippen molar-refractivity contribution in [1.29, 1.82) is 0 Å². The van der Waals surface area contributed by atoms with Crippen LogP contribution >= 0.6 is 27.7 Å². The quantitative estimate of drug-likeness (QED) is 0.827. The molecule has 1 aliphatic rings. The Hall–Kier alpha value is -1.47. The third-order valence-corrected chi connectivity index (χ3v) is 4.52. The second-order valence-corrected chi connectivity index (χ2v) is 5.90. The molecule has 0 saturated carbocycles. The minimum absolute atomic E-state index is 0.0352. The molecular weight excluding hydrogens is 344 g/mol. The average molecular weight is 357 g/mol. The van der Waals surface area contributed by atoms with E-state index in [0.29, 0.717) is 20.3 Å². The number of aliphatic imine (C=N–C) groups is 1. The maximum absolute atomic E-state index is 12.0. The van der Waals surface area contributed by atoms with Gasteiger partial charge in [-0.1, -0.05) is 0 Å². The van der Waals surface area contributed by atoms with Crippen LogP contribution in [0.1, 0.15) is 5.56 Å². The lowest BCUT2D eigenvalue weighted by molar-refractivity contribution is -0.121. The van der Waals surface area contributed by atoms with Crippen LogP contribution in [0.5, 0.6) is 11.5 Å². The fourth-order valence-corrected chi connectivity index (χ4v) is 3.12. The lowest BCUT2D eigenvalue weighted by atomic mass is 10.2. The van der Waals surface area contributed by atoms with Gasteiger partial charge >= 0.3 is 0 Å². The summed E-state index contributed by atoms with van der Waals surface area (Å²) in [6.07, 6.45) is 1.74. The van der Waals surface area contributed by atoms with E-state index in [-0.39, 0.29) is 11.7 Å². The number of thioether (sulfide) groups is 1. The van der Waals surface area contributed by atoms with Crippen molar-refractivity contribution in [3.05, 3.63) is 27.1 Å². The number of ether oxygens (including phenoxy) is 1. The van der Waals surface area contributed by atoms with Gasteiger partial charge in [-0.3, -0.25) is 14.7 Å². The summed E-state index contributed by atoms with van der Waals surface area (Å²) >= 11 is 4.57. The summed E-state index contributed by atoms with van der Waals surface area (Å²) in [7, 11) is 4.81. The van der Waals surface area contributed by atoms with Crippen molar-refractivity contribution in [3.8, 4) is 11.5 Å². The second-order valence-electron chi connectivity index (χ2n) is 4.03. The van der Waals surface area contributed by atoms with Crippen LogP contribution in [0.2, 0.25) is 0 Å². The van der Waals surface area contributed by atoms with Gasteiger partial charge in [0.2, 0.25) is 0 Å². The van der Waals surface area contributed by atoms with E-state index in [1.807, 2.05) is 0 Å². The number of methoxy groups -OCH3 is 1. The van der Waals surface area contributed by atoms with Gasteiger partial charge < -0.3 is 9.84 Å². The number of rotatable bonds is 2. The second kappa shape index (κ2) is 5.88. The normalized spacial score (nSPS) is 19.2. The number of likely N-dealkylation sites (N-methyl/N-ethyl adjacent to an activating group) is 1. The van der Waals surface area contributed by atoms with Crippen LogP contribution in [0.15, 0.2) is 26.5 Å². The number of amides is 1. The Labute approximate surface area is 129 Å². The minimum Gasteiger partial charge on any atom is -0.503 e. The van der Waals surface area contributed by atoms with Crippen molar-refractivity contribution in [2.75, 3.05) is 21.2 Å². The van der Waals surface area contributed by atoms with Crippen molar-refractivity contribution in [3.63, 3.8) is 0 Å². The van der Waals surface area contributed by atoms with Gasteiger partial charge in [0.05, 0.1) is 16.5 Å². The van der Waals surface area contributed by atoms with Gasteiger partial charge in [-0.05, 0) is 51.5 Å². The molecule has 2 rings (SSSR count). The lowest BCUT2D eigenvalue weighted by Gasteiger charge is -2.07. The summed E-state index contributed by atoms with van der Waals surface area (Å²) in [6, 6.07) is 3.39. The van der Waals surface area contributed by atoms with E-state index in [9.17, 15) is 9.90 Å². The number of carbonyl (C=O) groups is 1. The molecule has 0 unspecified atom stereocenters. The fourth-order valence-electron chi connectivity index (χ4n) is 1.73. The summed E-state index contributed by atoms with van der Waals surface area (Å²) in [6.45, 7) is 0. The summed E-state index contributed by atoms with van der Waals surface area (Å²) in [4.78, 5) is 18.2. The van der Waals surface area contributed by atoms with Gasteiger partial charge in [0, 0.05) is 14.1 Å².